The standard InChI is InChI=1S/C11H12Cl2O/c1-2-3-10(14)6-8-4-5-9(12)7-11(8)13/h4-5,7H,2-3,6H2,1H3. The van der Waals surface area contributed by atoms with E-state index in [1.165, 1.54) is 0 Å². The van der Waals surface area contributed by atoms with Crippen molar-refractivity contribution in [1.29, 1.82) is 0 Å². The molecule has 1 nitrogen and oxygen atoms in total. The predicted octanol–water partition coefficient (Wildman–Crippen LogP) is 3.91. The lowest BCUT2D eigenvalue weighted by Crippen LogP contribution is -2.02. The van der Waals surface area contributed by atoms with Gasteiger partial charge in [-0.1, -0.05) is 36.2 Å². The first-order chi connectivity index (χ1) is 6.63. The molecule has 0 saturated heterocycles. The lowest BCUT2D eigenvalue weighted by atomic mass is 10.1. The second-order valence-corrected chi connectivity index (χ2v) is 4.04. The van der Waals surface area contributed by atoms with Gasteiger partial charge in [0.05, 0.1) is 0 Å². The van der Waals surface area contributed by atoms with Crippen LogP contribution in [0.2, 0.25) is 10.0 Å². The van der Waals surface area contributed by atoms with Crippen molar-refractivity contribution in [3.63, 3.8) is 0 Å². The molecule has 0 radical (unpaired) electrons. The minimum absolute atomic E-state index is 0.219. The topological polar surface area (TPSA) is 17.1 Å². The van der Waals surface area contributed by atoms with Crippen LogP contribution in [0.25, 0.3) is 0 Å². The van der Waals surface area contributed by atoms with E-state index in [4.69, 9.17) is 23.2 Å². The van der Waals surface area contributed by atoms with E-state index < -0.39 is 0 Å². The first-order valence-electron chi connectivity index (χ1n) is 4.59. The van der Waals surface area contributed by atoms with Gasteiger partial charge in [0, 0.05) is 22.9 Å². The van der Waals surface area contributed by atoms with Crippen molar-refractivity contribution < 1.29 is 4.79 Å². The average Bonchev–Trinajstić information content (AvgIpc) is 2.10. The van der Waals surface area contributed by atoms with E-state index in [9.17, 15) is 4.79 Å². The van der Waals surface area contributed by atoms with Gasteiger partial charge in [0.15, 0.2) is 0 Å². The zero-order valence-corrected chi connectivity index (χ0v) is 9.53. The number of benzene rings is 1. The minimum atomic E-state index is 0.219. The van der Waals surface area contributed by atoms with Gasteiger partial charge in [0.1, 0.15) is 5.78 Å². The predicted molar refractivity (Wildman–Crippen MR) is 60.1 cm³/mol. The number of Topliss-reactive ketones (excluding diaryl/α,β-unsaturated/α-hetero) is 1. The van der Waals surface area contributed by atoms with Crippen LogP contribution in [0, 0.1) is 0 Å². The molecule has 0 N–H and O–H groups in total. The van der Waals surface area contributed by atoms with Gasteiger partial charge in [-0.2, -0.15) is 0 Å². The fraction of sp³-hybridized carbons (Fsp3) is 0.364. The van der Waals surface area contributed by atoms with E-state index in [1.54, 1.807) is 18.2 Å². The Morgan fingerprint density at radius 3 is 2.64 bits per heavy atom. The number of ketones is 1. The SMILES string of the molecule is CCCC(=O)Cc1ccc(Cl)cc1Cl. The second-order valence-electron chi connectivity index (χ2n) is 3.20. The number of rotatable bonds is 4. The number of hydrogen-bond donors (Lipinski definition) is 0. The summed E-state index contributed by atoms with van der Waals surface area (Å²) in [6.07, 6.45) is 1.90. The average molecular weight is 231 g/mol. The molecule has 76 valence electrons. The molecule has 0 amide bonds. The maximum atomic E-state index is 11.4. The molecule has 1 aromatic rings. The number of carbonyl (C=O) groups is 1. The van der Waals surface area contributed by atoms with Gasteiger partial charge in [0.2, 0.25) is 0 Å². The highest BCUT2D eigenvalue weighted by Gasteiger charge is 2.06. The van der Waals surface area contributed by atoms with Crippen LogP contribution in [0.15, 0.2) is 18.2 Å². The van der Waals surface area contributed by atoms with Crippen LogP contribution in [0.4, 0.5) is 0 Å². The maximum absolute atomic E-state index is 11.4. The molecule has 1 aromatic carbocycles. The quantitative estimate of drug-likeness (QED) is 0.767. The second kappa shape index (κ2) is 5.38. The van der Waals surface area contributed by atoms with Gasteiger partial charge >= 0.3 is 0 Å². The fourth-order valence-corrected chi connectivity index (χ4v) is 1.72. The molecule has 0 saturated carbocycles. The fourth-order valence-electron chi connectivity index (χ4n) is 1.24. The zero-order valence-electron chi connectivity index (χ0n) is 8.02. The summed E-state index contributed by atoms with van der Waals surface area (Å²) < 4.78 is 0. The van der Waals surface area contributed by atoms with Crippen LogP contribution in [-0.4, -0.2) is 5.78 Å². The van der Waals surface area contributed by atoms with Gasteiger partial charge < -0.3 is 0 Å². The van der Waals surface area contributed by atoms with Gasteiger partial charge in [-0.15, -0.1) is 0 Å². The molecular weight excluding hydrogens is 219 g/mol. The Labute approximate surface area is 94.0 Å². The lowest BCUT2D eigenvalue weighted by molar-refractivity contribution is -0.118. The third kappa shape index (κ3) is 3.32. The molecular formula is C11H12Cl2O. The molecule has 0 aliphatic carbocycles. The number of carbonyl (C=O) groups excluding carboxylic acids is 1. The smallest absolute Gasteiger partial charge is 0.137 e. The van der Waals surface area contributed by atoms with Crippen LogP contribution in [0.3, 0.4) is 0 Å². The van der Waals surface area contributed by atoms with E-state index in [2.05, 4.69) is 0 Å². The Hall–Kier alpha value is -0.530. The van der Waals surface area contributed by atoms with Gasteiger partial charge in [-0.3, -0.25) is 4.79 Å². The van der Waals surface area contributed by atoms with Crippen molar-refractivity contribution in [2.24, 2.45) is 0 Å². The highest BCUT2D eigenvalue weighted by Crippen LogP contribution is 2.21. The van der Waals surface area contributed by atoms with Crippen molar-refractivity contribution in [3.05, 3.63) is 33.8 Å². The monoisotopic (exact) mass is 230 g/mol. The summed E-state index contributed by atoms with van der Waals surface area (Å²) in [5.74, 6) is 0.219. The first-order valence-corrected chi connectivity index (χ1v) is 5.34. The molecule has 0 heterocycles. The van der Waals surface area contributed by atoms with Crippen LogP contribution in [-0.2, 0) is 11.2 Å². The van der Waals surface area contributed by atoms with Crippen LogP contribution < -0.4 is 0 Å². The van der Waals surface area contributed by atoms with Gasteiger partial charge in [-0.05, 0) is 24.1 Å². The molecule has 0 unspecified atom stereocenters. The van der Waals surface area contributed by atoms with Crippen LogP contribution in [0.1, 0.15) is 25.3 Å². The Balaban J connectivity index is 2.72. The largest absolute Gasteiger partial charge is 0.299 e. The maximum Gasteiger partial charge on any atom is 0.137 e. The summed E-state index contributed by atoms with van der Waals surface area (Å²) >= 11 is 11.7. The Bertz CT molecular complexity index is 334. The Morgan fingerprint density at radius 1 is 1.36 bits per heavy atom. The highest BCUT2D eigenvalue weighted by molar-refractivity contribution is 6.35. The van der Waals surface area contributed by atoms with E-state index in [1.807, 2.05) is 6.92 Å². The van der Waals surface area contributed by atoms with Gasteiger partial charge in [-0.25, -0.2) is 0 Å². The summed E-state index contributed by atoms with van der Waals surface area (Å²) in [6, 6.07) is 5.22. The third-order valence-corrected chi connectivity index (χ3v) is 2.52. The Morgan fingerprint density at radius 2 is 2.07 bits per heavy atom. The molecule has 3 heteroatoms. The molecule has 0 aromatic heterocycles. The summed E-state index contributed by atoms with van der Waals surface area (Å²) in [6.45, 7) is 1.99. The minimum Gasteiger partial charge on any atom is -0.299 e. The van der Waals surface area contributed by atoms with Gasteiger partial charge in [0.25, 0.3) is 0 Å². The molecule has 1 rings (SSSR count). The first kappa shape index (κ1) is 11.5. The Kier molecular flexibility index (Phi) is 4.43. The third-order valence-electron chi connectivity index (χ3n) is 1.93. The molecule has 0 aliphatic rings. The van der Waals surface area contributed by atoms with Crippen molar-refractivity contribution in [1.82, 2.24) is 0 Å². The molecule has 14 heavy (non-hydrogen) atoms. The summed E-state index contributed by atoms with van der Waals surface area (Å²) in [7, 11) is 0. The van der Waals surface area contributed by atoms with Crippen molar-refractivity contribution in [3.8, 4) is 0 Å². The lowest BCUT2D eigenvalue weighted by Gasteiger charge is -2.03. The number of hydrogen-bond acceptors (Lipinski definition) is 1. The van der Waals surface area contributed by atoms with Crippen molar-refractivity contribution >= 4 is 29.0 Å². The molecule has 0 fully saturated rings. The molecule has 0 bridgehead atoms. The van der Waals surface area contributed by atoms with Crippen LogP contribution in [0.5, 0.6) is 0 Å². The summed E-state index contributed by atoms with van der Waals surface area (Å²) in [4.78, 5) is 11.4. The molecule has 0 spiro atoms. The summed E-state index contributed by atoms with van der Waals surface area (Å²) in [5.41, 5.74) is 0.856. The normalized spacial score (nSPS) is 10.2. The highest BCUT2D eigenvalue weighted by atomic mass is 35.5. The van der Waals surface area contributed by atoms with Crippen molar-refractivity contribution in [2.75, 3.05) is 0 Å². The molecule has 0 atom stereocenters. The van der Waals surface area contributed by atoms with E-state index in [0.29, 0.717) is 22.9 Å². The molecule has 0 aliphatic heterocycles. The van der Waals surface area contributed by atoms with E-state index >= 15 is 0 Å². The number of halogens is 2. The van der Waals surface area contributed by atoms with E-state index in [0.717, 1.165) is 12.0 Å². The van der Waals surface area contributed by atoms with E-state index in [-0.39, 0.29) is 5.78 Å². The zero-order chi connectivity index (χ0) is 10.6. The van der Waals surface area contributed by atoms with Crippen molar-refractivity contribution in [2.45, 2.75) is 26.2 Å². The van der Waals surface area contributed by atoms with Crippen LogP contribution >= 0.6 is 23.2 Å². The summed E-state index contributed by atoms with van der Waals surface area (Å²) in [5, 5.41) is 1.17.